The van der Waals surface area contributed by atoms with Gasteiger partial charge in [0.2, 0.25) is 5.91 Å². The highest BCUT2D eigenvalue weighted by molar-refractivity contribution is 7.13. The third kappa shape index (κ3) is 3.15. The molecule has 2 heterocycles. The molecule has 1 aromatic carbocycles. The fourth-order valence-electron chi connectivity index (χ4n) is 3.48. The second-order valence-electron chi connectivity index (χ2n) is 6.48. The van der Waals surface area contributed by atoms with Crippen molar-refractivity contribution in [3.8, 4) is 0 Å². The van der Waals surface area contributed by atoms with Crippen LogP contribution in [0.15, 0.2) is 35.8 Å². The van der Waals surface area contributed by atoms with Crippen LogP contribution in [0, 0.1) is 11.7 Å². The molecule has 2 fully saturated rings. The number of aromatic nitrogens is 1. The molecule has 4 nitrogen and oxygen atoms in total. The average Bonchev–Trinajstić information content (AvgIpc) is 3.28. The van der Waals surface area contributed by atoms with E-state index in [0.717, 1.165) is 49.7 Å². The zero-order valence-corrected chi connectivity index (χ0v) is 14.2. The van der Waals surface area contributed by atoms with Gasteiger partial charge in [-0.3, -0.25) is 4.79 Å². The van der Waals surface area contributed by atoms with Gasteiger partial charge in [-0.15, -0.1) is 11.3 Å². The molecule has 24 heavy (non-hydrogen) atoms. The van der Waals surface area contributed by atoms with Gasteiger partial charge in [-0.2, -0.15) is 0 Å². The minimum Gasteiger partial charge on any atom is -0.346 e. The standard InChI is InChI=1S/C18H20FN3OS/c19-14-4-2-13(3-5-14)15-12-16(15)17(23)21-7-1-8-22(10-9-21)18-20-6-11-24-18/h2-6,11,15-16H,1,7-10,12H2. The Hall–Kier alpha value is -1.95. The van der Waals surface area contributed by atoms with E-state index >= 15 is 0 Å². The normalized spacial score (nSPS) is 23.9. The molecule has 1 saturated carbocycles. The van der Waals surface area contributed by atoms with Gasteiger partial charge in [0.1, 0.15) is 5.82 Å². The molecule has 4 rings (SSSR count). The van der Waals surface area contributed by atoms with E-state index in [-0.39, 0.29) is 23.6 Å². The number of halogens is 1. The smallest absolute Gasteiger partial charge is 0.226 e. The number of hydrogen-bond donors (Lipinski definition) is 0. The van der Waals surface area contributed by atoms with E-state index in [1.54, 1.807) is 23.5 Å². The number of carbonyl (C=O) groups excluding carboxylic acids is 1. The van der Waals surface area contributed by atoms with Crippen molar-refractivity contribution in [2.45, 2.75) is 18.8 Å². The van der Waals surface area contributed by atoms with Gasteiger partial charge < -0.3 is 9.80 Å². The SMILES string of the molecule is O=C(C1CC1c1ccc(F)cc1)N1CCCN(c2nccs2)CC1. The number of benzene rings is 1. The van der Waals surface area contributed by atoms with Crippen LogP contribution in [0.1, 0.15) is 24.3 Å². The second kappa shape index (κ2) is 6.51. The number of nitrogens with zero attached hydrogens (tertiary/aromatic N) is 3. The molecule has 2 unspecified atom stereocenters. The molecule has 126 valence electrons. The van der Waals surface area contributed by atoms with E-state index < -0.39 is 0 Å². The Bertz CT molecular complexity index is 704. The number of hydrogen-bond acceptors (Lipinski definition) is 4. The predicted octanol–water partition coefficient (Wildman–Crippen LogP) is 3.12. The lowest BCUT2D eigenvalue weighted by Crippen LogP contribution is -2.36. The van der Waals surface area contributed by atoms with Crippen LogP contribution in [0.25, 0.3) is 0 Å². The quantitative estimate of drug-likeness (QED) is 0.858. The maximum absolute atomic E-state index is 13.0. The van der Waals surface area contributed by atoms with E-state index in [1.807, 2.05) is 16.5 Å². The van der Waals surface area contributed by atoms with Gasteiger partial charge in [0.15, 0.2) is 5.13 Å². The third-order valence-electron chi connectivity index (χ3n) is 4.90. The molecule has 1 amide bonds. The van der Waals surface area contributed by atoms with Gasteiger partial charge in [0.05, 0.1) is 0 Å². The summed E-state index contributed by atoms with van der Waals surface area (Å²) >= 11 is 1.65. The number of thiazole rings is 1. The first-order chi connectivity index (χ1) is 11.7. The van der Waals surface area contributed by atoms with Gasteiger partial charge in [-0.05, 0) is 36.5 Å². The number of rotatable bonds is 3. The van der Waals surface area contributed by atoms with Crippen molar-refractivity contribution >= 4 is 22.4 Å². The largest absolute Gasteiger partial charge is 0.346 e. The van der Waals surface area contributed by atoms with Crippen molar-refractivity contribution in [3.63, 3.8) is 0 Å². The molecule has 2 aliphatic rings. The molecule has 0 spiro atoms. The van der Waals surface area contributed by atoms with E-state index in [4.69, 9.17) is 0 Å². The fraction of sp³-hybridized carbons (Fsp3) is 0.444. The molecule has 1 aliphatic heterocycles. The first-order valence-corrected chi connectivity index (χ1v) is 9.29. The maximum Gasteiger partial charge on any atom is 0.226 e. The van der Waals surface area contributed by atoms with Gasteiger partial charge in [0.25, 0.3) is 0 Å². The van der Waals surface area contributed by atoms with Crippen LogP contribution in [0.5, 0.6) is 0 Å². The highest BCUT2D eigenvalue weighted by Crippen LogP contribution is 2.48. The van der Waals surface area contributed by atoms with Gasteiger partial charge in [0, 0.05) is 43.7 Å². The summed E-state index contributed by atoms with van der Waals surface area (Å²) < 4.78 is 13.0. The Balaban J connectivity index is 1.36. The Kier molecular flexibility index (Phi) is 4.22. The highest BCUT2D eigenvalue weighted by Gasteiger charge is 2.45. The minimum absolute atomic E-state index is 0.0712. The third-order valence-corrected chi connectivity index (χ3v) is 5.74. The molecule has 0 radical (unpaired) electrons. The van der Waals surface area contributed by atoms with E-state index in [0.29, 0.717) is 0 Å². The molecule has 1 aromatic heterocycles. The monoisotopic (exact) mass is 345 g/mol. The van der Waals surface area contributed by atoms with Crippen molar-refractivity contribution in [1.29, 1.82) is 0 Å². The molecule has 0 N–H and O–H groups in total. The zero-order valence-electron chi connectivity index (χ0n) is 13.4. The van der Waals surface area contributed by atoms with Crippen LogP contribution in [-0.2, 0) is 4.79 Å². The number of amides is 1. The molecular weight excluding hydrogens is 325 g/mol. The van der Waals surface area contributed by atoms with Gasteiger partial charge in [-0.1, -0.05) is 12.1 Å². The van der Waals surface area contributed by atoms with Crippen molar-refractivity contribution in [3.05, 3.63) is 47.2 Å². The lowest BCUT2D eigenvalue weighted by atomic mass is 10.1. The fourth-order valence-corrected chi connectivity index (χ4v) is 4.18. The van der Waals surface area contributed by atoms with Crippen molar-refractivity contribution in [1.82, 2.24) is 9.88 Å². The summed E-state index contributed by atoms with van der Waals surface area (Å²) in [5.41, 5.74) is 1.08. The van der Waals surface area contributed by atoms with Gasteiger partial charge in [-0.25, -0.2) is 9.37 Å². The lowest BCUT2D eigenvalue weighted by Gasteiger charge is -2.22. The maximum atomic E-state index is 13.0. The van der Waals surface area contributed by atoms with E-state index in [2.05, 4.69) is 9.88 Å². The summed E-state index contributed by atoms with van der Waals surface area (Å²) in [7, 11) is 0. The van der Waals surface area contributed by atoms with Crippen LogP contribution in [0.3, 0.4) is 0 Å². The van der Waals surface area contributed by atoms with Crippen molar-refractivity contribution in [2.24, 2.45) is 5.92 Å². The average molecular weight is 345 g/mol. The van der Waals surface area contributed by atoms with Crippen molar-refractivity contribution < 1.29 is 9.18 Å². The molecule has 2 atom stereocenters. The highest BCUT2D eigenvalue weighted by atomic mass is 32.1. The topological polar surface area (TPSA) is 36.4 Å². The Labute approximate surface area is 144 Å². The summed E-state index contributed by atoms with van der Waals surface area (Å²) in [6.45, 7) is 3.36. The van der Waals surface area contributed by atoms with E-state index in [1.165, 1.54) is 12.1 Å². The molecule has 1 aliphatic carbocycles. The van der Waals surface area contributed by atoms with E-state index in [9.17, 15) is 9.18 Å². The molecule has 6 heteroatoms. The number of carbonyl (C=O) groups is 1. The van der Waals surface area contributed by atoms with Crippen molar-refractivity contribution in [2.75, 3.05) is 31.1 Å². The van der Waals surface area contributed by atoms with Gasteiger partial charge >= 0.3 is 0 Å². The second-order valence-corrected chi connectivity index (χ2v) is 7.35. The van der Waals surface area contributed by atoms with Crippen LogP contribution >= 0.6 is 11.3 Å². The van der Waals surface area contributed by atoms with Crippen LogP contribution in [0.4, 0.5) is 9.52 Å². The van der Waals surface area contributed by atoms with Crippen LogP contribution in [0.2, 0.25) is 0 Å². The molecule has 0 bridgehead atoms. The predicted molar refractivity (Wildman–Crippen MR) is 92.8 cm³/mol. The first-order valence-electron chi connectivity index (χ1n) is 8.41. The Morgan fingerprint density at radius 3 is 2.75 bits per heavy atom. The molecule has 1 saturated heterocycles. The Morgan fingerprint density at radius 2 is 2.00 bits per heavy atom. The van der Waals surface area contributed by atoms with Crippen LogP contribution < -0.4 is 4.90 Å². The first kappa shape index (κ1) is 15.6. The summed E-state index contributed by atoms with van der Waals surface area (Å²) in [6, 6.07) is 6.57. The Morgan fingerprint density at radius 1 is 1.17 bits per heavy atom. The summed E-state index contributed by atoms with van der Waals surface area (Å²) in [4.78, 5) is 21.4. The lowest BCUT2D eigenvalue weighted by molar-refractivity contribution is -0.132. The summed E-state index contributed by atoms with van der Waals surface area (Å²) in [6.07, 6.45) is 3.68. The van der Waals surface area contributed by atoms with Crippen LogP contribution in [-0.4, -0.2) is 42.0 Å². The summed E-state index contributed by atoms with van der Waals surface area (Å²) in [5, 5.41) is 3.03. The number of anilines is 1. The summed E-state index contributed by atoms with van der Waals surface area (Å²) in [5.74, 6) is 0.362. The minimum atomic E-state index is -0.225. The zero-order chi connectivity index (χ0) is 16.5. The molecule has 2 aromatic rings. The molecular formula is C18H20FN3OS.